The maximum Gasteiger partial charge on any atom is 0.221 e. The van der Waals surface area contributed by atoms with Crippen molar-refractivity contribution in [3.8, 4) is 0 Å². The van der Waals surface area contributed by atoms with E-state index >= 15 is 0 Å². The summed E-state index contributed by atoms with van der Waals surface area (Å²) in [5, 5.41) is -0.170. The number of carbonyl (C=O) groups is 1. The van der Waals surface area contributed by atoms with Gasteiger partial charge in [-0.25, -0.2) is 0 Å². The Balaban J connectivity index is 1.98. The Bertz CT molecular complexity index is 210. The van der Waals surface area contributed by atoms with Gasteiger partial charge in [-0.1, -0.05) is 12.2 Å². The Morgan fingerprint density at radius 2 is 2.27 bits per heavy atom. The Kier molecular flexibility index (Phi) is 1.76. The van der Waals surface area contributed by atoms with Gasteiger partial charge in [-0.15, -0.1) is 0 Å². The van der Waals surface area contributed by atoms with Crippen LogP contribution in [-0.2, 0) is 4.79 Å². The summed E-state index contributed by atoms with van der Waals surface area (Å²) in [4.78, 5) is 10.6. The minimum Gasteiger partial charge on any atom is -0.281 e. The van der Waals surface area contributed by atoms with Crippen molar-refractivity contribution in [3.63, 3.8) is 0 Å². The molecule has 3 unspecified atom stereocenters. The summed E-state index contributed by atoms with van der Waals surface area (Å²) in [5.41, 5.74) is 0. The van der Waals surface area contributed by atoms with Gasteiger partial charge in [-0.2, -0.15) is 0 Å². The molecule has 0 aromatic heterocycles. The molecule has 1 nitrogen and oxygen atoms in total. The van der Waals surface area contributed by atoms with E-state index in [-0.39, 0.29) is 5.24 Å². The van der Waals surface area contributed by atoms with Gasteiger partial charge in [-0.3, -0.25) is 4.79 Å². The molecule has 2 bridgehead atoms. The highest BCUT2D eigenvalue weighted by Gasteiger charge is 2.36. The first-order valence-electron chi connectivity index (χ1n) is 4.12. The molecule has 2 heteroatoms. The van der Waals surface area contributed by atoms with E-state index in [1.54, 1.807) is 0 Å². The largest absolute Gasteiger partial charge is 0.281 e. The van der Waals surface area contributed by atoms with Gasteiger partial charge >= 0.3 is 0 Å². The normalized spacial score (nSPS) is 39.9. The van der Waals surface area contributed by atoms with Crippen molar-refractivity contribution in [1.82, 2.24) is 0 Å². The first-order chi connectivity index (χ1) is 5.25. The van der Waals surface area contributed by atoms with Crippen LogP contribution in [0.25, 0.3) is 0 Å². The molecule has 1 fully saturated rings. The SMILES string of the molecule is O=C(Cl)CC1CC2C=CC1C2. The predicted molar refractivity (Wildman–Crippen MR) is 44.3 cm³/mol. The fourth-order valence-electron chi connectivity index (χ4n) is 2.34. The molecule has 2 rings (SSSR count). The number of rotatable bonds is 2. The van der Waals surface area contributed by atoms with Crippen molar-refractivity contribution in [2.45, 2.75) is 19.3 Å². The van der Waals surface area contributed by atoms with Gasteiger partial charge in [0, 0.05) is 6.42 Å². The van der Waals surface area contributed by atoms with Crippen LogP contribution in [0.5, 0.6) is 0 Å². The summed E-state index contributed by atoms with van der Waals surface area (Å²) in [7, 11) is 0. The quantitative estimate of drug-likeness (QED) is 0.459. The Labute approximate surface area is 71.4 Å². The van der Waals surface area contributed by atoms with Crippen LogP contribution in [0.4, 0.5) is 0 Å². The van der Waals surface area contributed by atoms with E-state index < -0.39 is 0 Å². The summed E-state index contributed by atoms with van der Waals surface area (Å²) in [6.07, 6.45) is 7.54. The van der Waals surface area contributed by atoms with Crippen LogP contribution in [0.15, 0.2) is 12.2 Å². The number of halogens is 1. The third kappa shape index (κ3) is 1.34. The lowest BCUT2D eigenvalue weighted by molar-refractivity contribution is -0.112. The van der Waals surface area contributed by atoms with Crippen molar-refractivity contribution in [3.05, 3.63) is 12.2 Å². The maximum absolute atomic E-state index is 10.6. The van der Waals surface area contributed by atoms with Crippen LogP contribution in [0.2, 0.25) is 0 Å². The zero-order valence-corrected chi connectivity index (χ0v) is 7.05. The van der Waals surface area contributed by atoms with Gasteiger partial charge < -0.3 is 0 Å². The zero-order chi connectivity index (χ0) is 7.84. The second-order valence-corrected chi connectivity index (χ2v) is 4.02. The van der Waals surface area contributed by atoms with Gasteiger partial charge in [-0.05, 0) is 42.2 Å². The number of fused-ring (bicyclic) bond motifs is 2. The summed E-state index contributed by atoms with van der Waals surface area (Å²) in [6, 6.07) is 0. The number of allylic oxidation sites excluding steroid dienone is 2. The molecule has 0 aromatic carbocycles. The molecule has 2 aliphatic rings. The molecule has 0 heterocycles. The Hall–Kier alpha value is -0.300. The van der Waals surface area contributed by atoms with E-state index in [4.69, 9.17) is 11.6 Å². The van der Waals surface area contributed by atoms with E-state index in [9.17, 15) is 4.79 Å². The van der Waals surface area contributed by atoms with Gasteiger partial charge in [0.1, 0.15) is 0 Å². The zero-order valence-electron chi connectivity index (χ0n) is 6.29. The third-order valence-electron chi connectivity index (χ3n) is 2.84. The molecular weight excluding hydrogens is 160 g/mol. The first-order valence-corrected chi connectivity index (χ1v) is 4.50. The Morgan fingerprint density at radius 3 is 2.73 bits per heavy atom. The molecule has 60 valence electrons. The van der Waals surface area contributed by atoms with Crippen molar-refractivity contribution in [1.29, 1.82) is 0 Å². The highest BCUT2D eigenvalue weighted by atomic mass is 35.5. The maximum atomic E-state index is 10.6. The molecule has 1 saturated carbocycles. The molecule has 0 radical (unpaired) electrons. The molecule has 11 heavy (non-hydrogen) atoms. The summed E-state index contributed by atoms with van der Waals surface area (Å²) in [6.45, 7) is 0. The monoisotopic (exact) mass is 170 g/mol. The molecule has 3 atom stereocenters. The molecule has 0 aliphatic heterocycles. The van der Waals surface area contributed by atoms with Gasteiger partial charge in [0.25, 0.3) is 0 Å². The average Bonchev–Trinajstić information content (AvgIpc) is 2.45. The third-order valence-corrected chi connectivity index (χ3v) is 2.99. The second kappa shape index (κ2) is 2.63. The van der Waals surface area contributed by atoms with Crippen molar-refractivity contribution in [2.75, 3.05) is 0 Å². The fourth-order valence-corrected chi connectivity index (χ4v) is 2.53. The van der Waals surface area contributed by atoms with Gasteiger partial charge in [0.2, 0.25) is 5.24 Å². The second-order valence-electron chi connectivity index (χ2n) is 3.60. The Morgan fingerprint density at radius 1 is 1.45 bits per heavy atom. The van der Waals surface area contributed by atoms with E-state index in [0.29, 0.717) is 18.3 Å². The minimum absolute atomic E-state index is 0.170. The highest BCUT2D eigenvalue weighted by molar-refractivity contribution is 6.63. The van der Waals surface area contributed by atoms with Crippen LogP contribution in [-0.4, -0.2) is 5.24 Å². The number of hydrogen-bond donors (Lipinski definition) is 0. The van der Waals surface area contributed by atoms with E-state index in [2.05, 4.69) is 12.2 Å². The van der Waals surface area contributed by atoms with E-state index in [1.807, 2.05) is 0 Å². The molecule has 0 aromatic rings. The topological polar surface area (TPSA) is 17.1 Å². The summed E-state index contributed by atoms with van der Waals surface area (Å²) >= 11 is 5.33. The molecule has 0 amide bonds. The minimum atomic E-state index is -0.170. The van der Waals surface area contributed by atoms with E-state index in [1.165, 1.54) is 12.8 Å². The van der Waals surface area contributed by atoms with E-state index in [0.717, 1.165) is 5.92 Å². The molecule has 0 spiro atoms. The highest BCUT2D eigenvalue weighted by Crippen LogP contribution is 2.44. The van der Waals surface area contributed by atoms with Gasteiger partial charge in [0.05, 0.1) is 0 Å². The molecule has 0 N–H and O–H groups in total. The smallest absolute Gasteiger partial charge is 0.221 e. The van der Waals surface area contributed by atoms with Crippen LogP contribution >= 0.6 is 11.6 Å². The molecule has 2 aliphatic carbocycles. The lowest BCUT2D eigenvalue weighted by Gasteiger charge is -2.14. The van der Waals surface area contributed by atoms with Crippen LogP contribution < -0.4 is 0 Å². The molecule has 0 saturated heterocycles. The standard InChI is InChI=1S/C9H11ClO/c10-9(11)5-8-4-6-1-2-7(8)3-6/h1-2,6-8H,3-5H2. The van der Waals surface area contributed by atoms with Crippen molar-refractivity contribution < 1.29 is 4.79 Å². The average molecular weight is 171 g/mol. The first kappa shape index (κ1) is 7.35. The molecular formula is C9H11ClO. The fraction of sp³-hybridized carbons (Fsp3) is 0.667. The van der Waals surface area contributed by atoms with Crippen LogP contribution in [0, 0.1) is 17.8 Å². The van der Waals surface area contributed by atoms with Crippen LogP contribution in [0.1, 0.15) is 19.3 Å². The lowest BCUT2D eigenvalue weighted by Crippen LogP contribution is -2.09. The van der Waals surface area contributed by atoms with Crippen molar-refractivity contribution in [2.24, 2.45) is 17.8 Å². The van der Waals surface area contributed by atoms with Crippen LogP contribution in [0.3, 0.4) is 0 Å². The number of hydrogen-bond acceptors (Lipinski definition) is 1. The lowest BCUT2D eigenvalue weighted by atomic mass is 9.91. The predicted octanol–water partition coefficient (Wildman–Crippen LogP) is 2.35. The van der Waals surface area contributed by atoms with Gasteiger partial charge in [0.15, 0.2) is 0 Å². The summed E-state index contributed by atoms with van der Waals surface area (Å²) in [5.74, 6) is 1.96. The van der Waals surface area contributed by atoms with Crippen molar-refractivity contribution >= 4 is 16.8 Å². The number of carbonyl (C=O) groups excluding carboxylic acids is 1. The summed E-state index contributed by atoms with van der Waals surface area (Å²) < 4.78 is 0.